The van der Waals surface area contributed by atoms with Crippen LogP contribution in [0.5, 0.6) is 0 Å². The number of allylic oxidation sites excluding steroid dienone is 8. The molecule has 0 spiro atoms. The maximum atomic E-state index is 2.50. The minimum Gasteiger partial charge on any atom is -0.351 e. The van der Waals surface area contributed by atoms with E-state index in [0.717, 1.165) is 19.3 Å². The largest absolute Gasteiger partial charge is 0.351 e. The fourth-order valence-electron chi connectivity index (χ4n) is 6.69. The molecule has 0 N–H and O–H groups in total. The van der Waals surface area contributed by atoms with Gasteiger partial charge in [-0.25, -0.2) is 0 Å². The summed E-state index contributed by atoms with van der Waals surface area (Å²) in [6.45, 7) is 8.60. The van der Waals surface area contributed by atoms with Gasteiger partial charge in [0.2, 0.25) is 0 Å². The van der Waals surface area contributed by atoms with Gasteiger partial charge in [0.1, 0.15) is 0 Å². The van der Waals surface area contributed by atoms with E-state index in [-0.39, 0.29) is 0 Å². The van der Waals surface area contributed by atoms with Crippen LogP contribution >= 0.6 is 0 Å². The summed E-state index contributed by atoms with van der Waals surface area (Å²) in [4.78, 5) is 2.23. The summed E-state index contributed by atoms with van der Waals surface area (Å²) >= 11 is 0. The second-order valence-corrected chi connectivity index (χ2v) is 11.3. The van der Waals surface area contributed by atoms with E-state index in [2.05, 4.69) is 147 Å². The molecule has 4 aromatic rings. The molecule has 0 saturated heterocycles. The average molecular weight is 537 g/mol. The molecule has 0 radical (unpaired) electrons. The number of aromatic nitrogens is 1. The lowest BCUT2D eigenvalue weighted by molar-refractivity contribution is 0.565. The van der Waals surface area contributed by atoms with E-state index < -0.39 is 0 Å². The highest BCUT2D eigenvalue weighted by Crippen LogP contribution is 2.41. The Bertz CT molecular complexity index is 1820. The van der Waals surface area contributed by atoms with Crippen molar-refractivity contribution in [2.24, 2.45) is 0 Å². The zero-order valence-corrected chi connectivity index (χ0v) is 25.0. The summed E-state index contributed by atoms with van der Waals surface area (Å²) in [6, 6.07) is 18.5. The molecule has 1 unspecified atom stereocenters. The minimum absolute atomic E-state index is 0.367. The van der Waals surface area contributed by atoms with Crippen molar-refractivity contribution in [1.82, 2.24) is 9.47 Å². The van der Waals surface area contributed by atoms with Crippen molar-refractivity contribution in [3.8, 4) is 5.69 Å². The number of fused-ring (bicyclic) bond motifs is 5. The molecular weight excluding hydrogens is 496 g/mol. The highest BCUT2D eigenvalue weighted by molar-refractivity contribution is 6.12. The Morgan fingerprint density at radius 3 is 2.61 bits per heavy atom. The molecule has 2 nitrogen and oxygen atoms in total. The monoisotopic (exact) mass is 536 g/mol. The predicted octanol–water partition coefficient (Wildman–Crippen LogP) is 10.4. The van der Waals surface area contributed by atoms with E-state index in [9.17, 15) is 0 Å². The van der Waals surface area contributed by atoms with Crippen molar-refractivity contribution in [3.05, 3.63) is 136 Å². The second-order valence-electron chi connectivity index (χ2n) is 11.3. The molecule has 0 saturated carbocycles. The molecule has 206 valence electrons. The lowest BCUT2D eigenvalue weighted by Crippen LogP contribution is -2.15. The molecule has 6 rings (SSSR count). The molecule has 2 aliphatic rings. The van der Waals surface area contributed by atoms with E-state index in [0.29, 0.717) is 5.92 Å². The molecule has 1 aromatic heterocycles. The number of hydrogen-bond donors (Lipinski definition) is 0. The molecule has 1 atom stereocenters. The predicted molar refractivity (Wildman–Crippen MR) is 178 cm³/mol. The first-order chi connectivity index (χ1) is 20.0. The van der Waals surface area contributed by atoms with Crippen LogP contribution in [0.1, 0.15) is 67.3 Å². The zero-order valence-electron chi connectivity index (χ0n) is 25.0. The smallest absolute Gasteiger partial charge is 0.0544 e. The molecule has 0 bridgehead atoms. The Hall–Kier alpha value is -4.30. The minimum atomic E-state index is 0.367. The lowest BCUT2D eigenvalue weighted by atomic mass is 9.87. The van der Waals surface area contributed by atoms with Gasteiger partial charge in [-0.2, -0.15) is 0 Å². The van der Waals surface area contributed by atoms with Gasteiger partial charge in [0.15, 0.2) is 0 Å². The fraction of sp³-hybridized carbons (Fsp3) is 0.231. The van der Waals surface area contributed by atoms with E-state index in [1.807, 2.05) is 6.92 Å². The zero-order chi connectivity index (χ0) is 28.5. The number of likely N-dealkylation sites (N-methyl/N-ethyl adjacent to an activating group) is 1. The third kappa shape index (κ3) is 4.82. The van der Waals surface area contributed by atoms with Crippen molar-refractivity contribution in [2.75, 3.05) is 7.05 Å². The summed E-state index contributed by atoms with van der Waals surface area (Å²) in [5.74, 6) is 0.367. The molecule has 0 aliphatic heterocycles. The van der Waals surface area contributed by atoms with E-state index in [1.165, 1.54) is 66.6 Å². The Kier molecular flexibility index (Phi) is 7.41. The highest BCUT2D eigenvalue weighted by Gasteiger charge is 2.22. The van der Waals surface area contributed by atoms with Crippen LogP contribution in [-0.4, -0.2) is 16.5 Å². The van der Waals surface area contributed by atoms with Crippen molar-refractivity contribution < 1.29 is 0 Å². The highest BCUT2D eigenvalue weighted by atomic mass is 15.1. The number of aryl methyl sites for hydroxylation is 2. The summed E-state index contributed by atoms with van der Waals surface area (Å²) in [5, 5.41) is 2.78. The third-order valence-corrected chi connectivity index (χ3v) is 8.67. The van der Waals surface area contributed by atoms with Crippen LogP contribution in [0.25, 0.3) is 39.6 Å². The van der Waals surface area contributed by atoms with Crippen LogP contribution < -0.4 is 0 Å². The Morgan fingerprint density at radius 2 is 1.80 bits per heavy atom. The van der Waals surface area contributed by atoms with Crippen LogP contribution in [0.3, 0.4) is 0 Å². The summed E-state index contributed by atoms with van der Waals surface area (Å²) in [6.07, 6.45) is 25.4. The fourth-order valence-corrected chi connectivity index (χ4v) is 6.69. The van der Waals surface area contributed by atoms with E-state index in [4.69, 9.17) is 0 Å². The van der Waals surface area contributed by atoms with Gasteiger partial charge in [0.25, 0.3) is 0 Å². The van der Waals surface area contributed by atoms with Crippen molar-refractivity contribution >= 4 is 34.0 Å². The van der Waals surface area contributed by atoms with Crippen molar-refractivity contribution in [3.63, 3.8) is 0 Å². The first kappa shape index (κ1) is 26.9. The maximum absolute atomic E-state index is 2.50. The number of nitrogens with zero attached hydrogens (tertiary/aromatic N) is 2. The van der Waals surface area contributed by atoms with Gasteiger partial charge >= 0.3 is 0 Å². The first-order valence-electron chi connectivity index (χ1n) is 14.9. The van der Waals surface area contributed by atoms with Gasteiger partial charge in [-0.1, -0.05) is 72.9 Å². The van der Waals surface area contributed by atoms with E-state index in [1.54, 1.807) is 0 Å². The van der Waals surface area contributed by atoms with Gasteiger partial charge in [-0.3, -0.25) is 0 Å². The van der Waals surface area contributed by atoms with Gasteiger partial charge in [-0.15, -0.1) is 0 Å². The third-order valence-electron chi connectivity index (χ3n) is 8.67. The number of rotatable bonds is 6. The maximum Gasteiger partial charge on any atom is 0.0544 e. The number of benzene rings is 3. The van der Waals surface area contributed by atoms with Gasteiger partial charge < -0.3 is 9.47 Å². The standard InChI is InChI=1S/C39H40N2/c1-6-8-11-24-40(5)35-21-19-30(25-28(35)4)31-20-22-37-34(26-31)39-33-16-10-9-15-29(33)18-23-38(39)41(37)36-17-12-14-27(3)32(36)13-7-2/h6-9,11-15,17-18,20-26,30H,10,16,19H2,1-5H3/b8-6-,13-7-,24-11-. The van der Waals surface area contributed by atoms with Crippen LogP contribution in [0.4, 0.5) is 0 Å². The van der Waals surface area contributed by atoms with Gasteiger partial charge in [0, 0.05) is 41.2 Å². The van der Waals surface area contributed by atoms with Crippen molar-refractivity contribution in [2.45, 2.75) is 52.9 Å². The number of hydrogen-bond acceptors (Lipinski definition) is 1. The SMILES string of the molecule is C/C=C\C=C/N(C)C1=CCC(c2ccc3c(c2)c2c4c(ccc2n3-c2cccc(C)c2/C=C\C)C=CCC4)C=C1C. The molecule has 0 amide bonds. The topological polar surface area (TPSA) is 8.17 Å². The average Bonchev–Trinajstić information content (AvgIpc) is 3.32. The summed E-state index contributed by atoms with van der Waals surface area (Å²) in [7, 11) is 2.13. The molecule has 2 aliphatic carbocycles. The molecule has 3 aromatic carbocycles. The van der Waals surface area contributed by atoms with Crippen LogP contribution in [0, 0.1) is 6.92 Å². The lowest BCUT2D eigenvalue weighted by Gasteiger charge is -2.26. The molecule has 0 fully saturated rings. The van der Waals surface area contributed by atoms with Crippen molar-refractivity contribution in [1.29, 1.82) is 0 Å². The quantitative estimate of drug-likeness (QED) is 0.223. The Balaban J connectivity index is 1.52. The molecular formula is C39H40N2. The van der Waals surface area contributed by atoms with Crippen LogP contribution in [0.15, 0.2) is 109 Å². The van der Waals surface area contributed by atoms with Gasteiger partial charge in [-0.05, 0) is 105 Å². The Morgan fingerprint density at radius 1 is 0.951 bits per heavy atom. The summed E-state index contributed by atoms with van der Waals surface area (Å²) < 4.78 is 2.50. The molecule has 1 heterocycles. The van der Waals surface area contributed by atoms with Crippen LogP contribution in [-0.2, 0) is 6.42 Å². The normalized spacial score (nSPS) is 17.2. The summed E-state index contributed by atoms with van der Waals surface area (Å²) in [5.41, 5.74) is 13.3. The first-order valence-corrected chi connectivity index (χ1v) is 14.9. The molecule has 41 heavy (non-hydrogen) atoms. The molecule has 2 heteroatoms. The van der Waals surface area contributed by atoms with E-state index >= 15 is 0 Å². The van der Waals surface area contributed by atoms with Crippen LogP contribution in [0.2, 0.25) is 0 Å². The van der Waals surface area contributed by atoms with Gasteiger partial charge in [0.05, 0.1) is 16.7 Å². The second kappa shape index (κ2) is 11.3. The Labute approximate surface area is 245 Å².